The summed E-state index contributed by atoms with van der Waals surface area (Å²) in [6, 6.07) is 1.90. The first kappa shape index (κ1) is 14.5. The quantitative estimate of drug-likeness (QED) is 0.921. The molecule has 1 fully saturated rings. The third-order valence-corrected chi connectivity index (χ3v) is 4.37. The molecule has 1 aliphatic heterocycles. The summed E-state index contributed by atoms with van der Waals surface area (Å²) in [6.07, 6.45) is 2.20. The number of benzene rings is 1. The number of piperidine rings is 1. The minimum absolute atomic E-state index is 0.477. The molecule has 1 aromatic carbocycles. The predicted octanol–water partition coefficient (Wildman–Crippen LogP) is 2.94. The van der Waals surface area contributed by atoms with E-state index in [1.807, 2.05) is 6.07 Å². The molecular formula is C14H20BrNO3. The Kier molecular flexibility index (Phi) is 4.93. The summed E-state index contributed by atoms with van der Waals surface area (Å²) in [5, 5.41) is 3.38. The first-order valence-electron chi connectivity index (χ1n) is 6.42. The van der Waals surface area contributed by atoms with E-state index < -0.39 is 0 Å². The van der Waals surface area contributed by atoms with Crippen LogP contribution in [0.4, 0.5) is 0 Å². The summed E-state index contributed by atoms with van der Waals surface area (Å²) in [7, 11) is 4.98. The van der Waals surface area contributed by atoms with Gasteiger partial charge in [-0.15, -0.1) is 0 Å². The summed E-state index contributed by atoms with van der Waals surface area (Å²) in [5.41, 5.74) is 1.18. The van der Waals surface area contributed by atoms with Crippen LogP contribution in [0.15, 0.2) is 10.5 Å². The lowest BCUT2D eigenvalue weighted by Crippen LogP contribution is -2.27. The molecule has 0 unspecified atom stereocenters. The third-order valence-electron chi connectivity index (χ3n) is 3.58. The fraction of sp³-hybridized carbons (Fsp3) is 0.571. The molecular weight excluding hydrogens is 310 g/mol. The number of hydrogen-bond donors (Lipinski definition) is 1. The Labute approximate surface area is 122 Å². The van der Waals surface area contributed by atoms with E-state index in [1.54, 1.807) is 21.3 Å². The molecule has 1 saturated heterocycles. The molecule has 0 saturated carbocycles. The van der Waals surface area contributed by atoms with Crippen molar-refractivity contribution in [2.75, 3.05) is 34.4 Å². The zero-order chi connectivity index (χ0) is 13.8. The first-order chi connectivity index (χ1) is 9.22. The van der Waals surface area contributed by atoms with Crippen LogP contribution >= 0.6 is 15.9 Å². The van der Waals surface area contributed by atoms with E-state index in [0.717, 1.165) is 41.9 Å². The lowest BCUT2D eigenvalue weighted by molar-refractivity contribution is 0.341. The largest absolute Gasteiger partial charge is 0.496 e. The highest BCUT2D eigenvalue weighted by Gasteiger charge is 2.26. The minimum atomic E-state index is 0.477. The molecule has 4 nitrogen and oxygen atoms in total. The van der Waals surface area contributed by atoms with Crippen LogP contribution < -0.4 is 19.5 Å². The summed E-state index contributed by atoms with van der Waals surface area (Å²) in [6.45, 7) is 2.07. The molecule has 1 N–H and O–H groups in total. The number of hydrogen-bond acceptors (Lipinski definition) is 4. The molecule has 0 spiro atoms. The van der Waals surface area contributed by atoms with Gasteiger partial charge in [0.1, 0.15) is 5.75 Å². The van der Waals surface area contributed by atoms with E-state index in [4.69, 9.17) is 14.2 Å². The molecule has 0 aromatic heterocycles. The van der Waals surface area contributed by atoms with E-state index >= 15 is 0 Å². The molecule has 19 heavy (non-hydrogen) atoms. The third kappa shape index (κ3) is 2.82. The summed E-state index contributed by atoms with van der Waals surface area (Å²) < 4.78 is 17.3. The maximum Gasteiger partial charge on any atom is 0.175 e. The van der Waals surface area contributed by atoms with Gasteiger partial charge in [0.05, 0.1) is 25.8 Å². The molecule has 106 valence electrons. The predicted molar refractivity (Wildman–Crippen MR) is 78.6 cm³/mol. The normalized spacial score (nSPS) is 16.2. The highest BCUT2D eigenvalue weighted by atomic mass is 79.9. The van der Waals surface area contributed by atoms with E-state index in [9.17, 15) is 0 Å². The van der Waals surface area contributed by atoms with Crippen molar-refractivity contribution in [2.45, 2.75) is 18.8 Å². The van der Waals surface area contributed by atoms with Crippen LogP contribution in [0.25, 0.3) is 0 Å². The van der Waals surface area contributed by atoms with Crippen molar-refractivity contribution in [1.82, 2.24) is 5.32 Å². The summed E-state index contributed by atoms with van der Waals surface area (Å²) in [4.78, 5) is 0. The smallest absolute Gasteiger partial charge is 0.175 e. The van der Waals surface area contributed by atoms with Gasteiger partial charge in [0.15, 0.2) is 11.5 Å². The Morgan fingerprint density at radius 1 is 1.05 bits per heavy atom. The Balaban J connectivity index is 2.50. The van der Waals surface area contributed by atoms with Crippen LogP contribution in [-0.4, -0.2) is 34.4 Å². The van der Waals surface area contributed by atoms with Crippen molar-refractivity contribution in [1.29, 1.82) is 0 Å². The number of ether oxygens (including phenoxy) is 3. The number of halogens is 1. The first-order valence-corrected chi connectivity index (χ1v) is 7.21. The Bertz CT molecular complexity index is 445. The van der Waals surface area contributed by atoms with Crippen LogP contribution in [0.1, 0.15) is 24.3 Å². The fourth-order valence-electron chi connectivity index (χ4n) is 2.60. The lowest BCUT2D eigenvalue weighted by atomic mass is 9.89. The van der Waals surface area contributed by atoms with Gasteiger partial charge in [-0.1, -0.05) is 0 Å². The molecule has 0 radical (unpaired) electrons. The van der Waals surface area contributed by atoms with E-state index in [2.05, 4.69) is 21.2 Å². The highest BCUT2D eigenvalue weighted by Crippen LogP contribution is 2.47. The van der Waals surface area contributed by atoms with Crippen LogP contribution in [0.2, 0.25) is 0 Å². The SMILES string of the molecule is COc1cc(OC)c(C2CCNCC2)c(Br)c1OC. The molecule has 5 heteroatoms. The Hall–Kier alpha value is -0.940. The maximum absolute atomic E-state index is 5.54. The van der Waals surface area contributed by atoms with E-state index in [-0.39, 0.29) is 0 Å². The zero-order valence-electron chi connectivity index (χ0n) is 11.6. The van der Waals surface area contributed by atoms with Crippen LogP contribution in [0, 0.1) is 0 Å². The molecule has 0 amide bonds. The molecule has 1 aliphatic rings. The van der Waals surface area contributed by atoms with Gasteiger partial charge >= 0.3 is 0 Å². The second-order valence-electron chi connectivity index (χ2n) is 4.57. The zero-order valence-corrected chi connectivity index (χ0v) is 13.2. The van der Waals surface area contributed by atoms with Gasteiger partial charge in [0.2, 0.25) is 0 Å². The number of nitrogens with one attached hydrogen (secondary N) is 1. The van der Waals surface area contributed by atoms with Gasteiger partial charge in [-0.25, -0.2) is 0 Å². The van der Waals surface area contributed by atoms with Gasteiger partial charge in [-0.3, -0.25) is 0 Å². The molecule has 1 aromatic rings. The van der Waals surface area contributed by atoms with Crippen molar-refractivity contribution in [3.8, 4) is 17.2 Å². The highest BCUT2D eigenvalue weighted by molar-refractivity contribution is 9.10. The van der Waals surface area contributed by atoms with Crippen molar-refractivity contribution >= 4 is 15.9 Å². The monoisotopic (exact) mass is 329 g/mol. The molecule has 2 rings (SSSR count). The van der Waals surface area contributed by atoms with Gasteiger partial charge < -0.3 is 19.5 Å². The Morgan fingerprint density at radius 3 is 2.21 bits per heavy atom. The van der Waals surface area contributed by atoms with Gasteiger partial charge in [-0.05, 0) is 47.8 Å². The van der Waals surface area contributed by atoms with Crippen molar-refractivity contribution < 1.29 is 14.2 Å². The van der Waals surface area contributed by atoms with Gasteiger partial charge in [-0.2, -0.15) is 0 Å². The van der Waals surface area contributed by atoms with Gasteiger partial charge in [0.25, 0.3) is 0 Å². The van der Waals surface area contributed by atoms with Crippen molar-refractivity contribution in [2.24, 2.45) is 0 Å². The molecule has 0 bridgehead atoms. The average molecular weight is 330 g/mol. The fourth-order valence-corrected chi connectivity index (χ4v) is 3.48. The standard InChI is InChI=1S/C14H20BrNO3/c1-17-10-8-11(18-2)14(19-3)13(15)12(10)9-4-6-16-7-5-9/h8-9,16H,4-7H2,1-3H3. The molecule has 1 heterocycles. The van der Waals surface area contributed by atoms with E-state index in [1.165, 1.54) is 5.56 Å². The lowest BCUT2D eigenvalue weighted by Gasteiger charge is -2.27. The maximum atomic E-state index is 5.54. The summed E-state index contributed by atoms with van der Waals surface area (Å²) in [5.74, 6) is 2.75. The molecule has 0 aliphatic carbocycles. The minimum Gasteiger partial charge on any atom is -0.496 e. The second kappa shape index (κ2) is 6.48. The van der Waals surface area contributed by atoms with Crippen molar-refractivity contribution in [3.05, 3.63) is 16.1 Å². The molecule has 0 atom stereocenters. The van der Waals surface area contributed by atoms with Crippen LogP contribution in [-0.2, 0) is 0 Å². The average Bonchev–Trinajstić information content (AvgIpc) is 2.46. The van der Waals surface area contributed by atoms with Crippen LogP contribution in [0.5, 0.6) is 17.2 Å². The van der Waals surface area contributed by atoms with Crippen LogP contribution in [0.3, 0.4) is 0 Å². The summed E-state index contributed by atoms with van der Waals surface area (Å²) >= 11 is 3.65. The van der Waals surface area contributed by atoms with Crippen molar-refractivity contribution in [3.63, 3.8) is 0 Å². The van der Waals surface area contributed by atoms with Gasteiger partial charge in [0, 0.05) is 11.6 Å². The second-order valence-corrected chi connectivity index (χ2v) is 5.36. The van der Waals surface area contributed by atoms with E-state index in [0.29, 0.717) is 11.7 Å². The topological polar surface area (TPSA) is 39.7 Å². The Morgan fingerprint density at radius 2 is 1.68 bits per heavy atom. The number of methoxy groups -OCH3 is 3. The number of rotatable bonds is 4.